The van der Waals surface area contributed by atoms with Gasteiger partial charge in [0.25, 0.3) is 0 Å². The molecule has 4 heterocycles. The Labute approximate surface area is 230 Å². The molecule has 11 heteroatoms. The van der Waals surface area contributed by atoms with E-state index >= 15 is 0 Å². The zero-order chi connectivity index (χ0) is 28.0. The summed E-state index contributed by atoms with van der Waals surface area (Å²) in [6.45, 7) is 10.0. The minimum Gasteiger partial charge on any atom is -0.382 e. The molecule has 0 spiro atoms. The zero-order valence-electron chi connectivity index (χ0n) is 22.6. The Hall–Kier alpha value is -4.56. The first-order valence-corrected chi connectivity index (χ1v) is 13.2. The van der Waals surface area contributed by atoms with Gasteiger partial charge in [0.05, 0.1) is 35.4 Å². The monoisotopic (exact) mass is 541 g/mol. The second kappa shape index (κ2) is 10.2. The van der Waals surface area contributed by atoms with E-state index in [9.17, 15) is 8.78 Å². The quantitative estimate of drug-likeness (QED) is 0.277. The number of aromatic amines is 1. The molecule has 1 saturated heterocycles. The van der Waals surface area contributed by atoms with E-state index in [0.29, 0.717) is 47.1 Å². The van der Waals surface area contributed by atoms with E-state index in [0.717, 1.165) is 42.3 Å². The number of nitrogens with zero attached hydrogens (tertiary/aromatic N) is 8. The molecular formula is C29H29F2N9. The summed E-state index contributed by atoms with van der Waals surface area (Å²) in [7, 11) is 6.02. The highest BCUT2D eigenvalue weighted by atomic mass is 19.1. The first kappa shape index (κ1) is 25.7. The third-order valence-electron chi connectivity index (χ3n) is 7.47. The van der Waals surface area contributed by atoms with Crippen LogP contribution in [0.25, 0.3) is 32.9 Å². The number of nitrogens with one attached hydrogen (secondary N) is 1. The maximum atomic E-state index is 14.6. The third kappa shape index (κ3) is 4.60. The van der Waals surface area contributed by atoms with Crippen LogP contribution in [0, 0.1) is 18.2 Å². The second-order valence-electron chi connectivity index (χ2n) is 10.4. The molecule has 2 aromatic carbocycles. The van der Waals surface area contributed by atoms with Crippen molar-refractivity contribution in [3.63, 3.8) is 0 Å². The molecule has 0 saturated carbocycles. The first-order chi connectivity index (χ1) is 19.3. The predicted molar refractivity (Wildman–Crippen MR) is 152 cm³/mol. The average molecular weight is 542 g/mol. The van der Waals surface area contributed by atoms with Crippen LogP contribution in [-0.2, 0) is 0 Å². The van der Waals surface area contributed by atoms with Crippen LogP contribution in [0.2, 0.25) is 0 Å². The zero-order valence-corrected chi connectivity index (χ0v) is 22.6. The van der Waals surface area contributed by atoms with E-state index in [2.05, 4.69) is 24.7 Å². The van der Waals surface area contributed by atoms with Gasteiger partial charge in [0, 0.05) is 44.1 Å². The average Bonchev–Trinajstić information content (AvgIpc) is 3.69. The van der Waals surface area contributed by atoms with Crippen LogP contribution >= 0.6 is 0 Å². The van der Waals surface area contributed by atoms with Gasteiger partial charge in [-0.25, -0.2) is 28.1 Å². The topological polar surface area (TPSA) is 72.9 Å². The van der Waals surface area contributed by atoms with Gasteiger partial charge in [-0.1, -0.05) is 0 Å². The number of imidazole rings is 1. The summed E-state index contributed by atoms with van der Waals surface area (Å²) in [4.78, 5) is 23.0. The number of halogens is 2. The molecule has 5 aromatic rings. The smallest absolute Gasteiger partial charge is 0.211 e. The highest BCUT2D eigenvalue weighted by Crippen LogP contribution is 2.38. The Morgan fingerprint density at radius 1 is 1.10 bits per heavy atom. The molecule has 0 radical (unpaired) electrons. The molecule has 1 N–H and O–H groups in total. The van der Waals surface area contributed by atoms with Crippen LogP contribution in [0.4, 0.5) is 26.0 Å². The van der Waals surface area contributed by atoms with Crippen LogP contribution < -0.4 is 9.80 Å². The van der Waals surface area contributed by atoms with Crippen LogP contribution in [0.3, 0.4) is 0 Å². The van der Waals surface area contributed by atoms with Crippen LogP contribution in [0.5, 0.6) is 0 Å². The Bertz CT molecular complexity index is 1750. The SMILES string of the molecule is [C-]#[N+]c1cc2[nH]c(-c3cnn4ccc(N5CCC[C@@H]5c5cc(F)ccc5F)nc34)nc2cc1N(C)CCN(C)C. The third-order valence-corrected chi connectivity index (χ3v) is 7.47. The minimum absolute atomic E-state index is 0.307. The molecule has 0 aliphatic carbocycles. The lowest BCUT2D eigenvalue weighted by molar-refractivity contribution is 0.416. The molecule has 9 nitrogen and oxygen atoms in total. The summed E-state index contributed by atoms with van der Waals surface area (Å²) in [5, 5.41) is 4.46. The maximum Gasteiger partial charge on any atom is 0.211 e. The van der Waals surface area contributed by atoms with Crippen LogP contribution in [-0.4, -0.2) is 70.2 Å². The summed E-state index contributed by atoms with van der Waals surface area (Å²) in [5.74, 6) is 0.379. The van der Waals surface area contributed by atoms with E-state index in [4.69, 9.17) is 16.5 Å². The van der Waals surface area contributed by atoms with Crippen molar-refractivity contribution < 1.29 is 8.78 Å². The molecule has 3 aromatic heterocycles. The molecule has 0 bridgehead atoms. The Kier molecular flexibility index (Phi) is 6.56. The van der Waals surface area contributed by atoms with E-state index < -0.39 is 11.6 Å². The maximum absolute atomic E-state index is 14.6. The number of aromatic nitrogens is 5. The normalized spacial score (nSPS) is 15.4. The fourth-order valence-corrected chi connectivity index (χ4v) is 5.35. The van der Waals surface area contributed by atoms with Crippen molar-refractivity contribution in [3.05, 3.63) is 77.4 Å². The van der Waals surface area contributed by atoms with Crippen molar-refractivity contribution in [3.8, 4) is 11.4 Å². The van der Waals surface area contributed by atoms with Crippen molar-refractivity contribution in [1.29, 1.82) is 0 Å². The minimum atomic E-state index is -0.456. The molecule has 6 rings (SSSR count). The van der Waals surface area contributed by atoms with Gasteiger partial charge in [0.2, 0.25) is 5.69 Å². The van der Waals surface area contributed by atoms with Gasteiger partial charge in [0.15, 0.2) is 5.65 Å². The summed E-state index contributed by atoms with van der Waals surface area (Å²) in [6, 6.07) is 8.89. The standard InChI is InChI=1S/C29H29F2N9/c1-32-24-15-22-23(16-26(24)38(4)13-12-37(2)3)35-28(34-22)20-17-33-40-11-9-27(36-29(20)40)39-10-5-6-25(39)19-14-18(30)7-8-21(19)31/h7-9,11,14-17,25H,5-6,10,12-13H2,2-4H3,(H,34,35)/t25-/m1/s1. The first-order valence-electron chi connectivity index (χ1n) is 13.2. The lowest BCUT2D eigenvalue weighted by atomic mass is 10.0. The van der Waals surface area contributed by atoms with E-state index in [1.165, 1.54) is 12.1 Å². The molecule has 40 heavy (non-hydrogen) atoms. The van der Waals surface area contributed by atoms with E-state index in [1.54, 1.807) is 10.7 Å². The van der Waals surface area contributed by atoms with Crippen molar-refractivity contribution in [2.75, 3.05) is 50.6 Å². The Morgan fingerprint density at radius 3 is 2.75 bits per heavy atom. The molecule has 1 fully saturated rings. The number of fused-ring (bicyclic) bond motifs is 2. The Balaban J connectivity index is 1.37. The van der Waals surface area contributed by atoms with Gasteiger partial charge in [0.1, 0.15) is 23.3 Å². The molecule has 1 atom stereocenters. The number of anilines is 2. The highest BCUT2D eigenvalue weighted by molar-refractivity contribution is 5.91. The van der Waals surface area contributed by atoms with Gasteiger partial charge < -0.3 is 19.7 Å². The van der Waals surface area contributed by atoms with Crippen molar-refractivity contribution >= 4 is 33.9 Å². The summed E-state index contributed by atoms with van der Waals surface area (Å²) in [6.07, 6.45) is 5.07. The molecule has 204 valence electrons. The van der Waals surface area contributed by atoms with Crippen LogP contribution in [0.1, 0.15) is 24.4 Å². The molecule has 0 unspecified atom stereocenters. The lowest BCUT2D eigenvalue weighted by Crippen LogP contribution is -2.28. The molecule has 1 aliphatic heterocycles. The summed E-state index contributed by atoms with van der Waals surface area (Å²) < 4.78 is 30.3. The van der Waals surface area contributed by atoms with Gasteiger partial charge in [-0.05, 0) is 63.3 Å². The van der Waals surface area contributed by atoms with Crippen LogP contribution in [0.15, 0.2) is 48.8 Å². The lowest BCUT2D eigenvalue weighted by Gasteiger charge is -2.26. The largest absolute Gasteiger partial charge is 0.382 e. The van der Waals surface area contributed by atoms with Crippen molar-refractivity contribution in [2.45, 2.75) is 18.9 Å². The fourth-order valence-electron chi connectivity index (χ4n) is 5.35. The number of likely N-dealkylation sites (N-methyl/N-ethyl adjacent to an activating group) is 2. The summed E-state index contributed by atoms with van der Waals surface area (Å²) >= 11 is 0. The van der Waals surface area contributed by atoms with Gasteiger partial charge in [-0.3, -0.25) is 0 Å². The Morgan fingerprint density at radius 2 is 1.95 bits per heavy atom. The molecule has 0 amide bonds. The number of hydrogen-bond donors (Lipinski definition) is 1. The summed E-state index contributed by atoms with van der Waals surface area (Å²) in [5.41, 5.74) is 4.51. The van der Waals surface area contributed by atoms with Gasteiger partial charge in [-0.15, -0.1) is 0 Å². The molecular weight excluding hydrogens is 512 g/mol. The van der Waals surface area contributed by atoms with E-state index in [-0.39, 0.29) is 6.04 Å². The van der Waals surface area contributed by atoms with Gasteiger partial charge >= 0.3 is 0 Å². The fraction of sp³-hybridized carbons (Fsp3) is 0.310. The van der Waals surface area contributed by atoms with Crippen molar-refractivity contribution in [1.82, 2.24) is 29.5 Å². The highest BCUT2D eigenvalue weighted by Gasteiger charge is 2.30. The van der Waals surface area contributed by atoms with E-state index in [1.807, 2.05) is 50.4 Å². The number of rotatable bonds is 7. The second-order valence-corrected chi connectivity index (χ2v) is 10.4. The van der Waals surface area contributed by atoms with Crippen molar-refractivity contribution in [2.24, 2.45) is 0 Å². The van der Waals surface area contributed by atoms with Gasteiger partial charge in [-0.2, -0.15) is 5.10 Å². The number of H-pyrrole nitrogens is 1. The number of hydrogen-bond acceptors (Lipinski definition) is 6. The number of benzene rings is 2. The predicted octanol–water partition coefficient (Wildman–Crippen LogP) is 5.44. The molecule has 1 aliphatic rings.